The molecule has 0 aliphatic carbocycles. The van der Waals surface area contributed by atoms with E-state index in [0.717, 1.165) is 11.3 Å². The maximum atomic E-state index is 12.1. The summed E-state index contributed by atoms with van der Waals surface area (Å²) in [5.74, 6) is 0.649. The van der Waals surface area contributed by atoms with Crippen molar-refractivity contribution in [3.05, 3.63) is 52.4 Å². The third kappa shape index (κ3) is 4.11. The van der Waals surface area contributed by atoms with Crippen molar-refractivity contribution in [3.63, 3.8) is 0 Å². The molecule has 0 spiro atoms. The molecule has 1 aromatic heterocycles. The van der Waals surface area contributed by atoms with Crippen molar-refractivity contribution in [2.45, 2.75) is 32.9 Å². The third-order valence-corrected chi connectivity index (χ3v) is 3.58. The Morgan fingerprint density at radius 1 is 1.19 bits per heavy atom. The molecule has 1 N–H and O–H groups in total. The Labute approximate surface area is 132 Å². The Hall–Kier alpha value is -1.75. The van der Waals surface area contributed by atoms with Gasteiger partial charge in [0.1, 0.15) is 5.75 Å². The van der Waals surface area contributed by atoms with Crippen LogP contribution in [0.15, 0.2) is 45.7 Å². The Morgan fingerprint density at radius 2 is 1.86 bits per heavy atom. The van der Waals surface area contributed by atoms with Gasteiger partial charge in [0.25, 0.3) is 5.91 Å². The average Bonchev–Trinajstić information content (AvgIpc) is 2.85. The lowest BCUT2D eigenvalue weighted by atomic mass is 10.1. The third-order valence-electron chi connectivity index (χ3n) is 2.96. The standard InChI is InChI=1S/C16H18BrNO3/c1-10(2)21-13-6-4-12(5-7-13)11(3)18-16(19)14-8-9-20-15(14)17/h4-11H,1-3H3,(H,18,19). The zero-order valence-electron chi connectivity index (χ0n) is 12.2. The first-order chi connectivity index (χ1) is 9.97. The highest BCUT2D eigenvalue weighted by molar-refractivity contribution is 9.10. The van der Waals surface area contributed by atoms with Crippen molar-refractivity contribution >= 4 is 21.8 Å². The van der Waals surface area contributed by atoms with E-state index in [-0.39, 0.29) is 18.1 Å². The smallest absolute Gasteiger partial charge is 0.256 e. The molecule has 1 unspecified atom stereocenters. The molecule has 1 aromatic carbocycles. The van der Waals surface area contributed by atoms with Gasteiger partial charge in [-0.1, -0.05) is 12.1 Å². The van der Waals surface area contributed by atoms with Crippen molar-refractivity contribution in [2.24, 2.45) is 0 Å². The predicted octanol–water partition coefficient (Wildman–Crippen LogP) is 4.32. The molecular formula is C16H18BrNO3. The van der Waals surface area contributed by atoms with Crippen LogP contribution in [0.1, 0.15) is 42.7 Å². The second-order valence-electron chi connectivity index (χ2n) is 5.04. The molecule has 0 bridgehead atoms. The van der Waals surface area contributed by atoms with Gasteiger partial charge >= 0.3 is 0 Å². The van der Waals surface area contributed by atoms with Crippen LogP contribution in [0.25, 0.3) is 0 Å². The number of amides is 1. The van der Waals surface area contributed by atoms with E-state index in [4.69, 9.17) is 9.15 Å². The van der Waals surface area contributed by atoms with E-state index in [1.807, 2.05) is 45.0 Å². The molecule has 1 atom stereocenters. The van der Waals surface area contributed by atoms with Crippen LogP contribution in [0.5, 0.6) is 5.75 Å². The number of hydrogen-bond donors (Lipinski definition) is 1. The largest absolute Gasteiger partial charge is 0.491 e. The van der Waals surface area contributed by atoms with Crippen LogP contribution in [0, 0.1) is 0 Å². The van der Waals surface area contributed by atoms with E-state index in [2.05, 4.69) is 21.2 Å². The van der Waals surface area contributed by atoms with Gasteiger partial charge < -0.3 is 14.5 Å². The van der Waals surface area contributed by atoms with E-state index >= 15 is 0 Å². The van der Waals surface area contributed by atoms with Crippen LogP contribution in [-0.2, 0) is 0 Å². The molecule has 2 rings (SSSR count). The number of benzene rings is 1. The molecule has 0 radical (unpaired) electrons. The molecule has 2 aromatic rings. The zero-order chi connectivity index (χ0) is 15.4. The highest BCUT2D eigenvalue weighted by atomic mass is 79.9. The molecular weight excluding hydrogens is 334 g/mol. The van der Waals surface area contributed by atoms with Crippen molar-refractivity contribution in [1.29, 1.82) is 0 Å². The average molecular weight is 352 g/mol. The first-order valence-electron chi connectivity index (χ1n) is 6.78. The fourth-order valence-electron chi connectivity index (χ4n) is 1.92. The first-order valence-corrected chi connectivity index (χ1v) is 7.57. The lowest BCUT2D eigenvalue weighted by molar-refractivity contribution is 0.0938. The molecule has 1 heterocycles. The number of carbonyl (C=O) groups is 1. The molecule has 0 saturated carbocycles. The Balaban J connectivity index is 2.01. The highest BCUT2D eigenvalue weighted by Gasteiger charge is 2.15. The van der Waals surface area contributed by atoms with Gasteiger partial charge in [-0.3, -0.25) is 4.79 Å². The SMILES string of the molecule is CC(C)Oc1ccc(C(C)NC(=O)c2ccoc2Br)cc1. The van der Waals surface area contributed by atoms with Crippen molar-refractivity contribution in [1.82, 2.24) is 5.32 Å². The Bertz CT molecular complexity index is 604. The molecule has 1 amide bonds. The molecule has 112 valence electrons. The summed E-state index contributed by atoms with van der Waals surface area (Å²) in [6.45, 7) is 5.91. The summed E-state index contributed by atoms with van der Waals surface area (Å²) in [7, 11) is 0. The second-order valence-corrected chi connectivity index (χ2v) is 5.76. The van der Waals surface area contributed by atoms with Crippen LogP contribution >= 0.6 is 15.9 Å². The lowest BCUT2D eigenvalue weighted by Gasteiger charge is -2.15. The van der Waals surface area contributed by atoms with Gasteiger partial charge in [-0.15, -0.1) is 0 Å². The molecule has 21 heavy (non-hydrogen) atoms. The highest BCUT2D eigenvalue weighted by Crippen LogP contribution is 2.21. The van der Waals surface area contributed by atoms with Crippen molar-refractivity contribution in [2.75, 3.05) is 0 Å². The Kier molecular flexibility index (Phi) is 5.07. The number of furan rings is 1. The van der Waals surface area contributed by atoms with E-state index in [9.17, 15) is 4.79 Å². The summed E-state index contributed by atoms with van der Waals surface area (Å²) >= 11 is 3.20. The van der Waals surface area contributed by atoms with Crippen LogP contribution in [0.2, 0.25) is 0 Å². The van der Waals surface area contributed by atoms with E-state index in [1.54, 1.807) is 6.07 Å². The summed E-state index contributed by atoms with van der Waals surface area (Å²) in [5.41, 5.74) is 1.50. The maximum Gasteiger partial charge on any atom is 0.256 e. The van der Waals surface area contributed by atoms with Gasteiger partial charge in [0, 0.05) is 0 Å². The van der Waals surface area contributed by atoms with Gasteiger partial charge in [0.15, 0.2) is 4.67 Å². The molecule has 0 aliphatic heterocycles. The number of nitrogens with one attached hydrogen (secondary N) is 1. The minimum Gasteiger partial charge on any atom is -0.491 e. The summed E-state index contributed by atoms with van der Waals surface area (Å²) < 4.78 is 11.1. The summed E-state index contributed by atoms with van der Waals surface area (Å²) in [4.78, 5) is 12.1. The van der Waals surface area contributed by atoms with Gasteiger partial charge in [-0.2, -0.15) is 0 Å². The summed E-state index contributed by atoms with van der Waals surface area (Å²) in [5, 5.41) is 2.93. The number of carbonyl (C=O) groups excluding carboxylic acids is 1. The topological polar surface area (TPSA) is 51.5 Å². The van der Waals surface area contributed by atoms with Crippen molar-refractivity contribution in [3.8, 4) is 5.75 Å². The molecule has 0 aliphatic rings. The monoisotopic (exact) mass is 351 g/mol. The number of rotatable bonds is 5. The van der Waals surface area contributed by atoms with Crippen LogP contribution < -0.4 is 10.1 Å². The minimum absolute atomic E-state index is 0.104. The predicted molar refractivity (Wildman–Crippen MR) is 84.5 cm³/mol. The van der Waals surface area contributed by atoms with E-state index in [0.29, 0.717) is 10.2 Å². The quantitative estimate of drug-likeness (QED) is 0.872. The first kappa shape index (κ1) is 15.6. The molecule has 0 fully saturated rings. The normalized spacial score (nSPS) is 12.2. The number of hydrogen-bond acceptors (Lipinski definition) is 3. The van der Waals surface area contributed by atoms with Crippen molar-refractivity contribution < 1.29 is 13.9 Å². The zero-order valence-corrected chi connectivity index (χ0v) is 13.8. The van der Waals surface area contributed by atoms with Gasteiger partial charge in [-0.25, -0.2) is 0 Å². The molecule has 5 heteroatoms. The van der Waals surface area contributed by atoms with Gasteiger partial charge in [-0.05, 0) is 60.5 Å². The van der Waals surface area contributed by atoms with Gasteiger partial charge in [0.05, 0.1) is 24.0 Å². The van der Waals surface area contributed by atoms with Crippen LogP contribution in [0.4, 0.5) is 0 Å². The number of halogens is 1. The Morgan fingerprint density at radius 3 is 2.38 bits per heavy atom. The second kappa shape index (κ2) is 6.80. The maximum absolute atomic E-state index is 12.1. The molecule has 0 saturated heterocycles. The summed E-state index contributed by atoms with van der Waals surface area (Å²) in [6.07, 6.45) is 1.62. The van der Waals surface area contributed by atoms with Crippen LogP contribution in [-0.4, -0.2) is 12.0 Å². The molecule has 4 nitrogen and oxygen atoms in total. The lowest BCUT2D eigenvalue weighted by Crippen LogP contribution is -2.26. The minimum atomic E-state index is -0.175. The fraction of sp³-hybridized carbons (Fsp3) is 0.312. The van der Waals surface area contributed by atoms with E-state index in [1.165, 1.54) is 6.26 Å². The fourth-order valence-corrected chi connectivity index (χ4v) is 2.34. The number of ether oxygens (including phenoxy) is 1. The summed E-state index contributed by atoms with van der Waals surface area (Å²) in [6, 6.07) is 9.25. The van der Waals surface area contributed by atoms with Gasteiger partial charge in [0.2, 0.25) is 0 Å². The van der Waals surface area contributed by atoms with Crippen LogP contribution in [0.3, 0.4) is 0 Å². The van der Waals surface area contributed by atoms with E-state index < -0.39 is 0 Å².